The van der Waals surface area contributed by atoms with Crippen molar-refractivity contribution in [3.63, 3.8) is 0 Å². The lowest BCUT2D eigenvalue weighted by Gasteiger charge is -2.40. The number of nitrogens with one attached hydrogen (secondary N) is 2. The van der Waals surface area contributed by atoms with Crippen molar-refractivity contribution in [3.05, 3.63) is 57.5 Å². The number of benzene rings is 1. The van der Waals surface area contributed by atoms with Crippen LogP contribution in [0.15, 0.2) is 35.1 Å². The van der Waals surface area contributed by atoms with Crippen LogP contribution < -0.4 is 5.56 Å². The van der Waals surface area contributed by atoms with E-state index in [4.69, 9.17) is 4.74 Å². The summed E-state index contributed by atoms with van der Waals surface area (Å²) in [6.07, 6.45) is 0.185. The molecule has 2 aromatic rings. The van der Waals surface area contributed by atoms with Gasteiger partial charge in [0.1, 0.15) is 0 Å². The monoisotopic (exact) mass is 302 g/mol. The topological polar surface area (TPSA) is 95.2 Å². The molecule has 1 aliphatic carbocycles. The normalized spacial score (nSPS) is 27.2. The number of carbonyl (C=O) groups is 1. The number of hydrogen-bond acceptors (Lipinski definition) is 4. The zero-order valence-corrected chi connectivity index (χ0v) is 12.4. The van der Waals surface area contributed by atoms with Crippen LogP contribution in [0.5, 0.6) is 0 Å². The third-order valence-corrected chi connectivity index (χ3v) is 4.36. The Kier molecular flexibility index (Phi) is 3.41. The Balaban J connectivity index is 2.25. The Morgan fingerprint density at radius 3 is 2.64 bits per heavy atom. The Labute approximate surface area is 127 Å². The fourth-order valence-corrected chi connectivity index (χ4v) is 3.40. The van der Waals surface area contributed by atoms with Crippen molar-refractivity contribution in [2.45, 2.75) is 24.9 Å². The van der Waals surface area contributed by atoms with E-state index in [1.807, 2.05) is 30.3 Å². The fourth-order valence-electron chi connectivity index (χ4n) is 3.40. The van der Waals surface area contributed by atoms with E-state index in [2.05, 4.69) is 10.2 Å². The van der Waals surface area contributed by atoms with Crippen LogP contribution in [0, 0.1) is 5.92 Å². The third-order valence-electron chi connectivity index (χ3n) is 4.36. The van der Waals surface area contributed by atoms with E-state index in [1.165, 1.54) is 7.11 Å². The summed E-state index contributed by atoms with van der Waals surface area (Å²) in [4.78, 5) is 24.5. The number of fused-ring (bicyclic) bond motifs is 1. The molecule has 22 heavy (non-hydrogen) atoms. The predicted molar refractivity (Wildman–Crippen MR) is 79.5 cm³/mol. The number of carbonyl (C=O) groups excluding carboxylic acids is 1. The van der Waals surface area contributed by atoms with Gasteiger partial charge in [-0.1, -0.05) is 30.3 Å². The number of aromatic amines is 2. The molecule has 3 rings (SSSR count). The summed E-state index contributed by atoms with van der Waals surface area (Å²) in [6, 6.07) is 9.23. The lowest BCUT2D eigenvalue weighted by molar-refractivity contribution is -0.156. The first-order valence-electron chi connectivity index (χ1n) is 7.10. The van der Waals surface area contributed by atoms with Crippen molar-refractivity contribution in [2.75, 3.05) is 7.11 Å². The van der Waals surface area contributed by atoms with Crippen molar-refractivity contribution >= 4 is 5.97 Å². The zero-order chi connectivity index (χ0) is 15.9. The standard InChI is InChI=1S/C16H18N2O4/c1-16(21)8-10-12(14(19)18-17-10)11(13(16)15(20)22-2)9-6-4-3-5-7-9/h3-7,11,13,21H,8H2,1-2H3,(H2,17,18,19)/t11-,13+,16+/m0/s1. The second-order valence-electron chi connectivity index (χ2n) is 5.89. The number of aliphatic hydroxyl groups is 1. The lowest BCUT2D eigenvalue weighted by Crippen LogP contribution is -2.49. The molecule has 0 saturated carbocycles. The highest BCUT2D eigenvalue weighted by atomic mass is 16.5. The Bertz CT molecular complexity index is 745. The molecular formula is C16H18N2O4. The Hall–Kier alpha value is -2.34. The van der Waals surface area contributed by atoms with E-state index >= 15 is 0 Å². The van der Waals surface area contributed by atoms with Gasteiger partial charge in [-0.2, -0.15) is 0 Å². The predicted octanol–water partition coefficient (Wildman–Crippen LogP) is 0.931. The number of hydrogen-bond donors (Lipinski definition) is 3. The van der Waals surface area contributed by atoms with Gasteiger partial charge in [0.2, 0.25) is 0 Å². The first kappa shape index (κ1) is 14.6. The summed E-state index contributed by atoms with van der Waals surface area (Å²) >= 11 is 0. The van der Waals surface area contributed by atoms with Crippen molar-refractivity contribution in [1.29, 1.82) is 0 Å². The van der Waals surface area contributed by atoms with Crippen molar-refractivity contribution in [3.8, 4) is 0 Å². The largest absolute Gasteiger partial charge is 0.469 e. The van der Waals surface area contributed by atoms with Gasteiger partial charge in [0.25, 0.3) is 5.56 Å². The van der Waals surface area contributed by atoms with Crippen molar-refractivity contribution in [1.82, 2.24) is 10.2 Å². The first-order chi connectivity index (χ1) is 10.5. The minimum atomic E-state index is -1.31. The molecule has 0 fully saturated rings. The minimum absolute atomic E-state index is 0.185. The third kappa shape index (κ3) is 2.16. The summed E-state index contributed by atoms with van der Waals surface area (Å²) in [7, 11) is 1.29. The quantitative estimate of drug-likeness (QED) is 0.719. The molecule has 3 N–H and O–H groups in total. The van der Waals surface area contributed by atoms with Crippen LogP contribution in [0.2, 0.25) is 0 Å². The lowest BCUT2D eigenvalue weighted by atomic mass is 9.66. The Morgan fingerprint density at radius 2 is 2.00 bits per heavy atom. The first-order valence-corrected chi connectivity index (χ1v) is 7.10. The fraction of sp³-hybridized carbons (Fsp3) is 0.375. The summed E-state index contributed by atoms with van der Waals surface area (Å²) < 4.78 is 4.89. The highest BCUT2D eigenvalue weighted by Gasteiger charge is 2.50. The second-order valence-corrected chi connectivity index (χ2v) is 5.89. The molecule has 0 bridgehead atoms. The molecule has 0 aliphatic heterocycles. The van der Waals surface area contributed by atoms with Gasteiger partial charge in [0, 0.05) is 23.6 Å². The molecule has 116 valence electrons. The molecule has 0 saturated heterocycles. The SMILES string of the molecule is COC(=O)[C@H]1[C@@H](c2ccccc2)c2c([nH][nH]c2=O)C[C@@]1(C)O. The molecule has 0 spiro atoms. The maximum atomic E-state index is 12.3. The number of methoxy groups -OCH3 is 1. The number of rotatable bonds is 2. The van der Waals surface area contributed by atoms with Crippen LogP contribution >= 0.6 is 0 Å². The summed E-state index contributed by atoms with van der Waals surface area (Å²) in [5.74, 6) is -1.92. The van der Waals surface area contributed by atoms with Crippen LogP contribution in [0.3, 0.4) is 0 Å². The Morgan fingerprint density at radius 1 is 1.32 bits per heavy atom. The molecule has 1 aromatic carbocycles. The van der Waals surface area contributed by atoms with Gasteiger partial charge in [0.15, 0.2) is 0 Å². The van der Waals surface area contributed by atoms with Gasteiger partial charge >= 0.3 is 5.97 Å². The number of aromatic nitrogens is 2. The molecule has 0 unspecified atom stereocenters. The van der Waals surface area contributed by atoms with E-state index in [-0.39, 0.29) is 12.0 Å². The van der Waals surface area contributed by atoms with Gasteiger partial charge in [-0.3, -0.25) is 14.7 Å². The summed E-state index contributed by atoms with van der Waals surface area (Å²) in [6.45, 7) is 1.60. The summed E-state index contributed by atoms with van der Waals surface area (Å²) in [5, 5.41) is 16.1. The van der Waals surface area contributed by atoms with Gasteiger partial charge < -0.3 is 14.9 Å². The molecule has 3 atom stereocenters. The van der Waals surface area contributed by atoms with E-state index in [0.29, 0.717) is 11.3 Å². The molecule has 6 heteroatoms. The minimum Gasteiger partial charge on any atom is -0.469 e. The molecular weight excluding hydrogens is 284 g/mol. The van der Waals surface area contributed by atoms with E-state index < -0.39 is 23.4 Å². The maximum absolute atomic E-state index is 12.3. The highest BCUT2D eigenvalue weighted by Crippen LogP contribution is 2.44. The van der Waals surface area contributed by atoms with Crippen molar-refractivity contribution < 1.29 is 14.6 Å². The average molecular weight is 302 g/mol. The van der Waals surface area contributed by atoms with Crippen LogP contribution in [-0.2, 0) is 16.0 Å². The average Bonchev–Trinajstić information content (AvgIpc) is 2.85. The van der Waals surface area contributed by atoms with Crippen LogP contribution in [-0.4, -0.2) is 34.0 Å². The second kappa shape index (κ2) is 5.14. The van der Waals surface area contributed by atoms with E-state index in [9.17, 15) is 14.7 Å². The maximum Gasteiger partial charge on any atom is 0.312 e. The molecule has 1 heterocycles. The number of ether oxygens (including phenoxy) is 1. The molecule has 0 radical (unpaired) electrons. The zero-order valence-electron chi connectivity index (χ0n) is 12.4. The van der Waals surface area contributed by atoms with Crippen LogP contribution in [0.4, 0.5) is 0 Å². The molecule has 1 aromatic heterocycles. The number of H-pyrrole nitrogens is 2. The molecule has 0 amide bonds. The smallest absolute Gasteiger partial charge is 0.312 e. The van der Waals surface area contributed by atoms with Crippen molar-refractivity contribution in [2.24, 2.45) is 5.92 Å². The molecule has 6 nitrogen and oxygen atoms in total. The van der Waals surface area contributed by atoms with Gasteiger partial charge in [-0.15, -0.1) is 0 Å². The van der Waals surface area contributed by atoms with Gasteiger partial charge in [-0.25, -0.2) is 0 Å². The van der Waals surface area contributed by atoms with Gasteiger partial charge in [-0.05, 0) is 12.5 Å². The van der Waals surface area contributed by atoms with E-state index in [0.717, 1.165) is 5.56 Å². The van der Waals surface area contributed by atoms with E-state index in [1.54, 1.807) is 6.92 Å². The molecule has 1 aliphatic rings. The van der Waals surface area contributed by atoms with Gasteiger partial charge in [0.05, 0.1) is 18.6 Å². The van der Waals surface area contributed by atoms with Crippen LogP contribution in [0.1, 0.15) is 29.7 Å². The number of esters is 1. The highest BCUT2D eigenvalue weighted by molar-refractivity contribution is 5.77. The summed E-state index contributed by atoms with van der Waals surface area (Å²) in [5.41, 5.74) is 0.334. The van der Waals surface area contributed by atoms with Crippen LogP contribution in [0.25, 0.3) is 0 Å².